The molecule has 0 spiro atoms. The molecule has 0 aliphatic carbocycles. The molecule has 0 fully saturated rings. The van der Waals surface area contributed by atoms with Crippen molar-refractivity contribution in [1.82, 2.24) is 9.88 Å². The molecule has 4 nitrogen and oxygen atoms in total. The van der Waals surface area contributed by atoms with Crippen LogP contribution in [0, 0.1) is 0 Å². The predicted octanol–water partition coefficient (Wildman–Crippen LogP) is 2.33. The Labute approximate surface area is 115 Å². The summed E-state index contributed by atoms with van der Waals surface area (Å²) in [7, 11) is 0. The second-order valence-corrected chi connectivity index (χ2v) is 4.83. The summed E-state index contributed by atoms with van der Waals surface area (Å²) >= 11 is 0. The third-order valence-electron chi connectivity index (χ3n) is 2.65. The average molecular weight is 290 g/mol. The van der Waals surface area contributed by atoms with E-state index in [0.29, 0.717) is 0 Å². The summed E-state index contributed by atoms with van der Waals surface area (Å²) in [6.45, 7) is 5.17. The van der Waals surface area contributed by atoms with Gasteiger partial charge < -0.3 is 10.0 Å². The minimum Gasteiger partial charge on any atom is -0.392 e. The van der Waals surface area contributed by atoms with E-state index in [-0.39, 0.29) is 18.2 Å². The zero-order valence-electron chi connectivity index (χ0n) is 11.5. The van der Waals surface area contributed by atoms with Crippen LogP contribution in [0.1, 0.15) is 36.8 Å². The first-order valence-corrected chi connectivity index (χ1v) is 6.15. The number of amides is 1. The van der Waals surface area contributed by atoms with Gasteiger partial charge in [-0.15, -0.1) is 0 Å². The molecule has 1 unspecified atom stereocenters. The average Bonchev–Trinajstić information content (AvgIpc) is 2.33. The second-order valence-electron chi connectivity index (χ2n) is 4.83. The number of alkyl halides is 3. The summed E-state index contributed by atoms with van der Waals surface area (Å²) in [4.78, 5) is 16.8. The van der Waals surface area contributed by atoms with Crippen LogP contribution in [0.2, 0.25) is 0 Å². The van der Waals surface area contributed by atoms with Gasteiger partial charge >= 0.3 is 6.18 Å². The normalized spacial score (nSPS) is 13.4. The molecule has 0 aromatic carbocycles. The molecule has 20 heavy (non-hydrogen) atoms. The highest BCUT2D eigenvalue weighted by molar-refractivity contribution is 5.94. The smallest absolute Gasteiger partial charge is 0.392 e. The zero-order chi connectivity index (χ0) is 15.5. The van der Waals surface area contributed by atoms with Crippen LogP contribution in [-0.4, -0.2) is 39.6 Å². The first kappa shape index (κ1) is 16.4. The number of nitrogens with zero attached hydrogens (tertiary/aromatic N) is 2. The summed E-state index contributed by atoms with van der Waals surface area (Å²) < 4.78 is 37.2. The number of carbonyl (C=O) groups is 1. The molecule has 1 aromatic rings. The van der Waals surface area contributed by atoms with Crippen molar-refractivity contribution in [2.75, 3.05) is 6.54 Å². The van der Waals surface area contributed by atoms with Crippen LogP contribution >= 0.6 is 0 Å². The van der Waals surface area contributed by atoms with Crippen LogP contribution < -0.4 is 0 Å². The van der Waals surface area contributed by atoms with E-state index in [1.54, 1.807) is 13.8 Å². The van der Waals surface area contributed by atoms with Gasteiger partial charge in [0.25, 0.3) is 5.91 Å². The van der Waals surface area contributed by atoms with Crippen LogP contribution in [-0.2, 0) is 6.18 Å². The molecule has 1 heterocycles. The molecular weight excluding hydrogens is 273 g/mol. The SMILES string of the molecule is CC(O)CN(C(=O)c1ccc(C(F)(F)F)nc1)C(C)C. The van der Waals surface area contributed by atoms with Gasteiger partial charge in [-0.05, 0) is 32.9 Å². The number of hydrogen-bond acceptors (Lipinski definition) is 3. The number of carbonyl (C=O) groups excluding carboxylic acids is 1. The minimum atomic E-state index is -4.53. The largest absolute Gasteiger partial charge is 0.433 e. The molecule has 112 valence electrons. The Bertz CT molecular complexity index is 456. The molecule has 0 aliphatic heterocycles. The molecule has 1 rings (SSSR count). The Morgan fingerprint density at radius 1 is 1.35 bits per heavy atom. The number of hydrogen-bond donors (Lipinski definition) is 1. The van der Waals surface area contributed by atoms with Crippen molar-refractivity contribution >= 4 is 5.91 Å². The highest BCUT2D eigenvalue weighted by Crippen LogP contribution is 2.27. The van der Waals surface area contributed by atoms with E-state index in [1.807, 2.05) is 0 Å². The Morgan fingerprint density at radius 3 is 2.30 bits per heavy atom. The fraction of sp³-hybridized carbons (Fsp3) is 0.538. The number of halogens is 3. The number of aliphatic hydroxyl groups is 1. The molecule has 7 heteroatoms. The van der Waals surface area contributed by atoms with Crippen molar-refractivity contribution < 1.29 is 23.1 Å². The van der Waals surface area contributed by atoms with E-state index in [1.165, 1.54) is 11.8 Å². The summed E-state index contributed by atoms with van der Waals surface area (Å²) in [6, 6.07) is 1.68. The van der Waals surface area contributed by atoms with Crippen molar-refractivity contribution in [3.05, 3.63) is 29.6 Å². The maximum atomic E-state index is 12.4. The van der Waals surface area contributed by atoms with Gasteiger partial charge in [0.05, 0.1) is 11.7 Å². The first-order valence-electron chi connectivity index (χ1n) is 6.15. The summed E-state index contributed by atoms with van der Waals surface area (Å²) in [5.74, 6) is -0.456. The predicted molar refractivity (Wildman–Crippen MR) is 67.1 cm³/mol. The topological polar surface area (TPSA) is 53.4 Å². The lowest BCUT2D eigenvalue weighted by Crippen LogP contribution is -2.41. The summed E-state index contributed by atoms with van der Waals surface area (Å²) in [5.41, 5.74) is -0.979. The molecule has 1 aromatic heterocycles. The van der Waals surface area contributed by atoms with Crippen molar-refractivity contribution in [3.63, 3.8) is 0 Å². The van der Waals surface area contributed by atoms with E-state index < -0.39 is 23.9 Å². The fourth-order valence-electron chi connectivity index (χ4n) is 1.67. The maximum Gasteiger partial charge on any atom is 0.433 e. The number of aromatic nitrogens is 1. The van der Waals surface area contributed by atoms with Gasteiger partial charge in [-0.3, -0.25) is 9.78 Å². The third kappa shape index (κ3) is 4.19. The number of rotatable bonds is 4. The molecule has 1 amide bonds. The molecule has 0 bridgehead atoms. The van der Waals surface area contributed by atoms with Crippen molar-refractivity contribution in [1.29, 1.82) is 0 Å². The minimum absolute atomic E-state index is 0.0624. The molecule has 1 N–H and O–H groups in total. The zero-order valence-corrected chi connectivity index (χ0v) is 11.5. The van der Waals surface area contributed by atoms with E-state index in [0.717, 1.165) is 18.3 Å². The van der Waals surface area contributed by atoms with Crippen molar-refractivity contribution in [2.24, 2.45) is 0 Å². The van der Waals surface area contributed by atoms with Gasteiger partial charge in [0, 0.05) is 18.8 Å². The monoisotopic (exact) mass is 290 g/mol. The standard InChI is InChI=1S/C13H17F3N2O2/c1-8(2)18(7-9(3)19)12(20)10-4-5-11(17-6-10)13(14,15)16/h4-6,8-9,19H,7H2,1-3H3. The van der Waals surface area contributed by atoms with Gasteiger partial charge in [-0.2, -0.15) is 13.2 Å². The van der Waals surface area contributed by atoms with Gasteiger partial charge in [-0.25, -0.2) is 0 Å². The second kappa shape index (κ2) is 6.21. The summed E-state index contributed by atoms with van der Waals surface area (Å²) in [6.07, 6.45) is -4.34. The molecule has 0 saturated heterocycles. The van der Waals surface area contributed by atoms with Gasteiger partial charge in [0.15, 0.2) is 0 Å². The third-order valence-corrected chi connectivity index (χ3v) is 2.65. The van der Waals surface area contributed by atoms with E-state index in [9.17, 15) is 23.1 Å². The highest BCUT2D eigenvalue weighted by Gasteiger charge is 2.32. The van der Waals surface area contributed by atoms with Crippen LogP contribution in [0.15, 0.2) is 18.3 Å². The van der Waals surface area contributed by atoms with Crippen LogP contribution in [0.4, 0.5) is 13.2 Å². The van der Waals surface area contributed by atoms with E-state index in [2.05, 4.69) is 4.98 Å². The van der Waals surface area contributed by atoms with Crippen molar-refractivity contribution in [2.45, 2.75) is 39.1 Å². The van der Waals surface area contributed by atoms with Gasteiger partial charge in [0.2, 0.25) is 0 Å². The van der Waals surface area contributed by atoms with E-state index >= 15 is 0 Å². The van der Waals surface area contributed by atoms with Crippen LogP contribution in [0.5, 0.6) is 0 Å². The molecule has 0 saturated carbocycles. The lowest BCUT2D eigenvalue weighted by atomic mass is 10.2. The lowest BCUT2D eigenvalue weighted by Gasteiger charge is -2.28. The molecule has 0 radical (unpaired) electrons. The summed E-state index contributed by atoms with van der Waals surface area (Å²) in [5, 5.41) is 9.36. The Hall–Kier alpha value is -1.63. The van der Waals surface area contributed by atoms with Crippen LogP contribution in [0.3, 0.4) is 0 Å². The number of aliphatic hydroxyl groups excluding tert-OH is 1. The quantitative estimate of drug-likeness (QED) is 0.926. The highest BCUT2D eigenvalue weighted by atomic mass is 19.4. The van der Waals surface area contributed by atoms with Crippen LogP contribution in [0.25, 0.3) is 0 Å². The fourth-order valence-corrected chi connectivity index (χ4v) is 1.67. The van der Waals surface area contributed by atoms with Gasteiger partial charge in [-0.1, -0.05) is 0 Å². The van der Waals surface area contributed by atoms with E-state index in [4.69, 9.17) is 0 Å². The Morgan fingerprint density at radius 2 is 1.95 bits per heavy atom. The number of pyridine rings is 1. The maximum absolute atomic E-state index is 12.4. The van der Waals surface area contributed by atoms with Gasteiger partial charge in [0.1, 0.15) is 5.69 Å². The lowest BCUT2D eigenvalue weighted by molar-refractivity contribution is -0.141. The molecular formula is C13H17F3N2O2. The Kier molecular flexibility index (Phi) is 5.10. The molecule has 0 aliphatic rings. The Balaban J connectivity index is 2.95. The van der Waals surface area contributed by atoms with Crippen molar-refractivity contribution in [3.8, 4) is 0 Å². The molecule has 1 atom stereocenters. The first-order chi connectivity index (χ1) is 9.12.